The molecule has 1 aliphatic heterocycles. The summed E-state index contributed by atoms with van der Waals surface area (Å²) in [4.78, 5) is 0. The zero-order valence-electron chi connectivity index (χ0n) is 9.11. The summed E-state index contributed by atoms with van der Waals surface area (Å²) in [6, 6.07) is 7.37. The summed E-state index contributed by atoms with van der Waals surface area (Å²) in [6.45, 7) is 2.22. The van der Waals surface area contributed by atoms with Crippen molar-refractivity contribution in [3.8, 4) is 5.75 Å². The lowest BCUT2D eigenvalue weighted by molar-refractivity contribution is 0.167. The predicted molar refractivity (Wildman–Crippen MR) is 61.9 cm³/mol. The fraction of sp³-hybridized carbons (Fsp3) is 0.417. The van der Waals surface area contributed by atoms with Crippen molar-refractivity contribution in [3.05, 3.63) is 29.8 Å². The lowest BCUT2D eigenvalue weighted by Crippen LogP contribution is -2.16. The molecule has 16 heavy (non-hydrogen) atoms. The van der Waals surface area contributed by atoms with Crippen molar-refractivity contribution in [3.63, 3.8) is 0 Å². The van der Waals surface area contributed by atoms with Crippen molar-refractivity contribution in [2.75, 3.05) is 19.8 Å². The molecule has 1 unspecified atom stereocenters. The summed E-state index contributed by atoms with van der Waals surface area (Å²) in [7, 11) is 0. The third-order valence-corrected chi connectivity index (χ3v) is 2.68. The number of hydrogen-bond donors (Lipinski definition) is 2. The number of para-hydroxylation sites is 1. The van der Waals surface area contributed by atoms with E-state index in [2.05, 4.69) is 0 Å². The molecule has 0 aromatic heterocycles. The van der Waals surface area contributed by atoms with E-state index >= 15 is 0 Å². The summed E-state index contributed by atoms with van der Waals surface area (Å²) in [5.74, 6) is 1.18. The van der Waals surface area contributed by atoms with E-state index in [-0.39, 0.29) is 5.84 Å². The first kappa shape index (κ1) is 11.0. The van der Waals surface area contributed by atoms with E-state index in [9.17, 15) is 0 Å². The molecule has 0 radical (unpaired) electrons. The van der Waals surface area contributed by atoms with Crippen molar-refractivity contribution in [2.24, 2.45) is 11.7 Å². The minimum Gasteiger partial charge on any atom is -0.492 e. The van der Waals surface area contributed by atoms with Crippen molar-refractivity contribution in [2.45, 2.75) is 6.42 Å². The van der Waals surface area contributed by atoms with E-state index in [4.69, 9.17) is 20.6 Å². The van der Waals surface area contributed by atoms with Gasteiger partial charge in [-0.1, -0.05) is 12.1 Å². The van der Waals surface area contributed by atoms with Crippen LogP contribution in [-0.2, 0) is 4.74 Å². The van der Waals surface area contributed by atoms with Gasteiger partial charge in [-0.3, -0.25) is 5.41 Å². The van der Waals surface area contributed by atoms with E-state index in [1.165, 1.54) is 0 Å². The Hall–Kier alpha value is -1.55. The number of ether oxygens (including phenoxy) is 2. The fourth-order valence-electron chi connectivity index (χ4n) is 1.74. The third-order valence-electron chi connectivity index (χ3n) is 2.68. The molecule has 0 aliphatic carbocycles. The highest BCUT2D eigenvalue weighted by Gasteiger charge is 2.17. The molecule has 86 valence electrons. The molecule has 0 amide bonds. The monoisotopic (exact) mass is 220 g/mol. The Bertz CT molecular complexity index is 373. The second kappa shape index (κ2) is 4.99. The summed E-state index contributed by atoms with van der Waals surface area (Å²) in [6.07, 6.45) is 1.04. The number of hydrogen-bond acceptors (Lipinski definition) is 3. The van der Waals surface area contributed by atoms with Gasteiger partial charge in [-0.25, -0.2) is 0 Å². The van der Waals surface area contributed by atoms with Gasteiger partial charge in [0.2, 0.25) is 0 Å². The number of nitrogens with two attached hydrogens (primary N) is 1. The summed E-state index contributed by atoms with van der Waals surface area (Å²) >= 11 is 0. The van der Waals surface area contributed by atoms with E-state index < -0.39 is 0 Å². The minimum atomic E-state index is 0.0401. The third kappa shape index (κ3) is 2.52. The van der Waals surface area contributed by atoms with Crippen LogP contribution in [0.5, 0.6) is 5.75 Å². The number of amidine groups is 1. The number of benzene rings is 1. The van der Waals surface area contributed by atoms with Crippen molar-refractivity contribution >= 4 is 5.84 Å². The molecule has 1 aliphatic rings. The number of rotatable bonds is 4. The Balaban J connectivity index is 2.00. The molecular weight excluding hydrogens is 204 g/mol. The van der Waals surface area contributed by atoms with Crippen LogP contribution >= 0.6 is 0 Å². The van der Waals surface area contributed by atoms with Gasteiger partial charge in [0.1, 0.15) is 11.6 Å². The van der Waals surface area contributed by atoms with E-state index in [1.54, 1.807) is 6.07 Å². The highest BCUT2D eigenvalue weighted by atomic mass is 16.5. The largest absolute Gasteiger partial charge is 0.492 e. The molecule has 4 nitrogen and oxygen atoms in total. The van der Waals surface area contributed by atoms with Gasteiger partial charge in [-0.2, -0.15) is 0 Å². The van der Waals surface area contributed by atoms with E-state index in [0.29, 0.717) is 23.8 Å². The molecule has 1 saturated heterocycles. The molecule has 0 spiro atoms. The lowest BCUT2D eigenvalue weighted by atomic mass is 10.1. The maximum atomic E-state index is 7.44. The van der Waals surface area contributed by atoms with Crippen LogP contribution in [0.25, 0.3) is 0 Å². The van der Waals surface area contributed by atoms with Crippen LogP contribution in [0.1, 0.15) is 12.0 Å². The Morgan fingerprint density at radius 3 is 3.00 bits per heavy atom. The second-order valence-electron chi connectivity index (χ2n) is 3.95. The van der Waals surface area contributed by atoms with Gasteiger partial charge in [0.25, 0.3) is 0 Å². The Morgan fingerprint density at radius 1 is 1.50 bits per heavy atom. The zero-order valence-corrected chi connectivity index (χ0v) is 9.11. The molecule has 1 heterocycles. The van der Waals surface area contributed by atoms with Gasteiger partial charge in [-0.15, -0.1) is 0 Å². The maximum Gasteiger partial charge on any atom is 0.130 e. The minimum absolute atomic E-state index is 0.0401. The highest BCUT2D eigenvalue weighted by molar-refractivity contribution is 5.97. The van der Waals surface area contributed by atoms with Crippen LogP contribution in [-0.4, -0.2) is 25.7 Å². The van der Waals surface area contributed by atoms with E-state index in [1.807, 2.05) is 18.2 Å². The Kier molecular flexibility index (Phi) is 3.41. The van der Waals surface area contributed by atoms with Crippen molar-refractivity contribution in [1.82, 2.24) is 0 Å². The smallest absolute Gasteiger partial charge is 0.130 e. The summed E-state index contributed by atoms with van der Waals surface area (Å²) in [5.41, 5.74) is 6.13. The summed E-state index contributed by atoms with van der Waals surface area (Å²) < 4.78 is 11.0. The summed E-state index contributed by atoms with van der Waals surface area (Å²) in [5, 5.41) is 7.44. The quantitative estimate of drug-likeness (QED) is 0.595. The Morgan fingerprint density at radius 2 is 2.31 bits per heavy atom. The van der Waals surface area contributed by atoms with Crippen LogP contribution in [0.2, 0.25) is 0 Å². The predicted octanol–water partition coefficient (Wildman–Crippen LogP) is 1.39. The molecule has 1 aromatic carbocycles. The molecule has 4 heteroatoms. The molecule has 1 atom stereocenters. The van der Waals surface area contributed by atoms with Crippen LogP contribution in [0.15, 0.2) is 24.3 Å². The first-order chi connectivity index (χ1) is 7.77. The topological polar surface area (TPSA) is 68.3 Å². The zero-order chi connectivity index (χ0) is 11.4. The molecule has 1 fully saturated rings. The molecule has 1 aromatic rings. The van der Waals surface area contributed by atoms with Crippen LogP contribution < -0.4 is 10.5 Å². The van der Waals surface area contributed by atoms with Gasteiger partial charge in [0.05, 0.1) is 18.8 Å². The second-order valence-corrected chi connectivity index (χ2v) is 3.95. The Labute approximate surface area is 94.9 Å². The molecule has 0 saturated carbocycles. The van der Waals surface area contributed by atoms with Gasteiger partial charge >= 0.3 is 0 Å². The number of nitrogens with one attached hydrogen (secondary N) is 1. The van der Waals surface area contributed by atoms with Crippen LogP contribution in [0.4, 0.5) is 0 Å². The number of nitrogen functional groups attached to an aromatic ring is 1. The maximum absolute atomic E-state index is 7.44. The van der Waals surface area contributed by atoms with Gasteiger partial charge in [0, 0.05) is 12.5 Å². The SMILES string of the molecule is N=C(N)c1ccccc1OCC1CCOC1. The molecule has 2 rings (SSSR count). The van der Waals surface area contributed by atoms with Gasteiger partial charge < -0.3 is 15.2 Å². The average Bonchev–Trinajstić information content (AvgIpc) is 2.79. The first-order valence-corrected chi connectivity index (χ1v) is 5.41. The fourth-order valence-corrected chi connectivity index (χ4v) is 1.74. The molecule has 0 bridgehead atoms. The van der Waals surface area contributed by atoms with Crippen molar-refractivity contribution < 1.29 is 9.47 Å². The van der Waals surface area contributed by atoms with Crippen molar-refractivity contribution in [1.29, 1.82) is 5.41 Å². The van der Waals surface area contributed by atoms with Crippen LogP contribution in [0.3, 0.4) is 0 Å². The van der Waals surface area contributed by atoms with Crippen LogP contribution in [0, 0.1) is 11.3 Å². The van der Waals surface area contributed by atoms with Gasteiger partial charge in [-0.05, 0) is 18.6 Å². The molecular formula is C12H16N2O2. The molecule has 3 N–H and O–H groups in total. The van der Waals surface area contributed by atoms with E-state index in [0.717, 1.165) is 19.6 Å². The average molecular weight is 220 g/mol. The van der Waals surface area contributed by atoms with Gasteiger partial charge in [0.15, 0.2) is 0 Å². The first-order valence-electron chi connectivity index (χ1n) is 5.41. The standard InChI is InChI=1S/C12H16N2O2/c13-12(14)10-3-1-2-4-11(10)16-8-9-5-6-15-7-9/h1-4,9H,5-8H2,(H3,13,14). The highest BCUT2D eigenvalue weighted by Crippen LogP contribution is 2.20. The lowest BCUT2D eigenvalue weighted by Gasteiger charge is -2.13. The normalized spacial score (nSPS) is 19.6.